The van der Waals surface area contributed by atoms with Crippen LogP contribution in [-0.2, 0) is 25.7 Å². The van der Waals surface area contributed by atoms with Crippen LogP contribution in [0.25, 0.3) is 0 Å². The van der Waals surface area contributed by atoms with Crippen LogP contribution in [0.3, 0.4) is 0 Å². The molecule has 1 rings (SSSR count). The minimum Gasteiger partial charge on any atom is -0.461 e. The Morgan fingerprint density at radius 3 is 1.84 bits per heavy atom. The molecule has 0 aliphatic heterocycles. The van der Waals surface area contributed by atoms with Crippen molar-refractivity contribution in [2.45, 2.75) is 88.3 Å². The van der Waals surface area contributed by atoms with Crippen molar-refractivity contribution in [1.29, 1.82) is 0 Å². The minimum atomic E-state index is -0.343. The molecule has 0 aromatic heterocycles. The molecule has 0 radical (unpaired) electrons. The summed E-state index contributed by atoms with van der Waals surface area (Å²) in [4.78, 5) is 34.6. The van der Waals surface area contributed by atoms with Gasteiger partial charge in [0.2, 0.25) is 11.8 Å². The number of carbonyl (C=O) groups excluding carboxylic acids is 3. The predicted octanol–water partition coefficient (Wildman–Crippen LogP) is 4.54. The standard InChI is InChI=1S/C17H25N3O4.C5H12N2.3C2H6/c1-11(2)16(18-4)17(23)19-9-15(22)20-14-7-5-13(6-8-14)10-24-12(3)21;1-3-4-7-5(2)6;3*1-2/h5-8,11,16,18H,9-10H2,1-4H3,(H,19,23)(H,20,22);7H,2-4,6H2,1H3;3*1-2H3. The number of anilines is 1. The van der Waals surface area contributed by atoms with E-state index in [1.165, 1.54) is 6.92 Å². The molecule has 0 bridgehead atoms. The Bertz CT molecular complexity index is 707. The van der Waals surface area contributed by atoms with Crippen LogP contribution in [0.4, 0.5) is 5.69 Å². The van der Waals surface area contributed by atoms with Crippen LogP contribution in [0.2, 0.25) is 0 Å². The van der Waals surface area contributed by atoms with Crippen molar-refractivity contribution < 1.29 is 19.1 Å². The van der Waals surface area contributed by atoms with Gasteiger partial charge in [-0.2, -0.15) is 0 Å². The van der Waals surface area contributed by atoms with E-state index in [-0.39, 0.29) is 42.9 Å². The molecule has 2 amide bonds. The molecule has 0 fully saturated rings. The summed E-state index contributed by atoms with van der Waals surface area (Å²) in [5.74, 6) is -0.178. The summed E-state index contributed by atoms with van der Waals surface area (Å²) in [6.07, 6.45) is 1.09. The zero-order chi connectivity index (χ0) is 29.8. The number of benzene rings is 1. The molecule has 6 N–H and O–H groups in total. The lowest BCUT2D eigenvalue weighted by Crippen LogP contribution is -2.47. The normalized spacial score (nSPS) is 9.62. The largest absolute Gasteiger partial charge is 0.461 e. The van der Waals surface area contributed by atoms with E-state index in [1.807, 2.05) is 55.4 Å². The average molecular weight is 526 g/mol. The van der Waals surface area contributed by atoms with E-state index in [9.17, 15) is 14.4 Å². The molecule has 1 aromatic rings. The lowest BCUT2D eigenvalue weighted by atomic mass is 10.0. The molecular weight excluding hydrogens is 470 g/mol. The van der Waals surface area contributed by atoms with Crippen molar-refractivity contribution in [3.63, 3.8) is 0 Å². The van der Waals surface area contributed by atoms with Crippen LogP contribution < -0.4 is 27.0 Å². The third kappa shape index (κ3) is 25.8. The monoisotopic (exact) mass is 525 g/mol. The van der Waals surface area contributed by atoms with Crippen LogP contribution in [-0.4, -0.2) is 44.0 Å². The average Bonchev–Trinajstić information content (AvgIpc) is 2.90. The van der Waals surface area contributed by atoms with Crippen LogP contribution >= 0.6 is 0 Å². The van der Waals surface area contributed by atoms with E-state index in [2.05, 4.69) is 34.8 Å². The maximum absolute atomic E-state index is 11.9. The van der Waals surface area contributed by atoms with E-state index in [0.29, 0.717) is 11.5 Å². The summed E-state index contributed by atoms with van der Waals surface area (Å²) in [6, 6.07) is 6.60. The molecule has 216 valence electrons. The predicted molar refractivity (Wildman–Crippen MR) is 157 cm³/mol. The smallest absolute Gasteiger partial charge is 0.302 e. The van der Waals surface area contributed by atoms with Crippen molar-refractivity contribution in [1.82, 2.24) is 16.0 Å². The Morgan fingerprint density at radius 2 is 1.49 bits per heavy atom. The van der Waals surface area contributed by atoms with Gasteiger partial charge in [0.15, 0.2) is 0 Å². The number of carbonyl (C=O) groups is 3. The molecule has 37 heavy (non-hydrogen) atoms. The number of hydrogen-bond acceptors (Lipinski definition) is 7. The third-order valence-electron chi connectivity index (χ3n) is 3.97. The summed E-state index contributed by atoms with van der Waals surface area (Å²) in [5.41, 5.74) is 6.60. The minimum absolute atomic E-state index is 0.0983. The highest BCUT2D eigenvalue weighted by atomic mass is 16.5. The number of nitrogens with one attached hydrogen (secondary N) is 4. The lowest BCUT2D eigenvalue weighted by molar-refractivity contribution is -0.142. The van der Waals surface area contributed by atoms with Gasteiger partial charge >= 0.3 is 5.97 Å². The molecule has 1 atom stereocenters. The number of nitrogens with two attached hydrogens (primary N) is 1. The van der Waals surface area contributed by atoms with Gasteiger partial charge in [-0.25, -0.2) is 0 Å². The Morgan fingerprint density at radius 1 is 0.973 bits per heavy atom. The molecule has 0 spiro atoms. The van der Waals surface area contributed by atoms with Gasteiger partial charge in [-0.05, 0) is 37.1 Å². The van der Waals surface area contributed by atoms with Gasteiger partial charge in [-0.1, -0.05) is 81.0 Å². The molecule has 0 aliphatic carbocycles. The molecule has 1 aromatic carbocycles. The first kappa shape index (κ1) is 41.1. The zero-order valence-electron chi connectivity index (χ0n) is 25.2. The van der Waals surface area contributed by atoms with Gasteiger partial charge in [0.1, 0.15) is 6.61 Å². The number of hydrogen-bond donors (Lipinski definition) is 5. The van der Waals surface area contributed by atoms with Crippen LogP contribution in [0, 0.1) is 5.92 Å². The molecule has 0 saturated carbocycles. The summed E-state index contributed by atoms with van der Waals surface area (Å²) >= 11 is 0. The Kier molecular flexibility index (Phi) is 32.4. The van der Waals surface area contributed by atoms with Gasteiger partial charge in [0.05, 0.1) is 18.4 Å². The van der Waals surface area contributed by atoms with E-state index in [0.717, 1.165) is 18.5 Å². The van der Waals surface area contributed by atoms with Crippen LogP contribution in [0.1, 0.15) is 81.2 Å². The first-order chi connectivity index (χ1) is 17.6. The van der Waals surface area contributed by atoms with Gasteiger partial charge in [-0.15, -0.1) is 0 Å². The fourth-order valence-corrected chi connectivity index (χ4v) is 2.40. The summed E-state index contributed by atoms with van der Waals surface area (Å²) in [6.45, 7) is 23.8. The topological polar surface area (TPSA) is 135 Å². The molecule has 9 heteroatoms. The lowest BCUT2D eigenvalue weighted by Gasteiger charge is -2.19. The highest BCUT2D eigenvalue weighted by Gasteiger charge is 2.20. The van der Waals surface area contributed by atoms with Crippen molar-refractivity contribution >= 4 is 23.5 Å². The first-order valence-corrected chi connectivity index (χ1v) is 13.3. The van der Waals surface area contributed by atoms with E-state index < -0.39 is 0 Å². The van der Waals surface area contributed by atoms with Crippen LogP contribution in [0.5, 0.6) is 0 Å². The fourth-order valence-electron chi connectivity index (χ4n) is 2.40. The Labute approximate surface area is 226 Å². The fraction of sp³-hybridized carbons (Fsp3) is 0.607. The second-order valence-corrected chi connectivity index (χ2v) is 7.21. The molecule has 9 nitrogen and oxygen atoms in total. The quantitative estimate of drug-likeness (QED) is 0.268. The molecule has 0 saturated heterocycles. The summed E-state index contributed by atoms with van der Waals surface area (Å²) in [5, 5.41) is 11.1. The number of esters is 1. The number of ether oxygens (including phenoxy) is 1. The Hall–Kier alpha value is -3.07. The van der Waals surface area contributed by atoms with Crippen molar-refractivity contribution in [2.24, 2.45) is 11.7 Å². The molecule has 0 heterocycles. The van der Waals surface area contributed by atoms with Crippen molar-refractivity contribution in [2.75, 3.05) is 25.5 Å². The summed E-state index contributed by atoms with van der Waals surface area (Å²) < 4.78 is 4.89. The van der Waals surface area contributed by atoms with Crippen molar-refractivity contribution in [3.05, 3.63) is 42.2 Å². The maximum Gasteiger partial charge on any atom is 0.302 e. The molecular formula is C28H55N5O4. The molecule has 0 aliphatic rings. The number of rotatable bonds is 11. The summed E-state index contributed by atoms with van der Waals surface area (Å²) in [7, 11) is 1.71. The van der Waals surface area contributed by atoms with Crippen LogP contribution in [0.15, 0.2) is 36.7 Å². The third-order valence-corrected chi connectivity index (χ3v) is 3.97. The van der Waals surface area contributed by atoms with Gasteiger partial charge in [0, 0.05) is 19.2 Å². The highest BCUT2D eigenvalue weighted by molar-refractivity contribution is 5.95. The van der Waals surface area contributed by atoms with Gasteiger partial charge in [0.25, 0.3) is 0 Å². The van der Waals surface area contributed by atoms with E-state index >= 15 is 0 Å². The van der Waals surface area contributed by atoms with Gasteiger partial charge < -0.3 is 31.7 Å². The first-order valence-electron chi connectivity index (χ1n) is 13.3. The van der Waals surface area contributed by atoms with E-state index in [4.69, 9.17) is 10.5 Å². The molecule has 1 unspecified atom stereocenters. The highest BCUT2D eigenvalue weighted by Crippen LogP contribution is 2.10. The number of likely N-dealkylation sites (N-methyl/N-ethyl adjacent to an activating group) is 1. The van der Waals surface area contributed by atoms with E-state index in [1.54, 1.807) is 31.3 Å². The van der Waals surface area contributed by atoms with Crippen molar-refractivity contribution in [3.8, 4) is 0 Å². The Balaban J connectivity index is -0.000000352. The second kappa shape index (κ2) is 29.2. The number of amides is 2. The SMILES string of the molecule is C=C(N)NCCC.CC.CC.CC.CNC(C(=O)NCC(=O)Nc1ccc(COC(C)=O)cc1)C(C)C. The maximum atomic E-state index is 11.9. The zero-order valence-corrected chi connectivity index (χ0v) is 25.2. The van der Waals surface area contributed by atoms with Gasteiger partial charge in [-0.3, -0.25) is 14.4 Å². The second-order valence-electron chi connectivity index (χ2n) is 7.21.